The van der Waals surface area contributed by atoms with Crippen LogP contribution < -0.4 is 10.6 Å². The van der Waals surface area contributed by atoms with Gasteiger partial charge in [-0.3, -0.25) is 4.68 Å². The molecule has 132 valence electrons. The summed E-state index contributed by atoms with van der Waals surface area (Å²) in [5.74, 6) is 0.482. The Morgan fingerprint density at radius 3 is 3.00 bits per heavy atom. The average molecular weight is 343 g/mol. The highest BCUT2D eigenvalue weighted by atomic mass is 16.4. The molecule has 0 radical (unpaired) electrons. The number of fused-ring (bicyclic) bond motifs is 1. The highest BCUT2D eigenvalue weighted by molar-refractivity contribution is 5.92. The fourth-order valence-corrected chi connectivity index (χ4v) is 2.76. The Balaban J connectivity index is 1.59. The number of nitrogens with one attached hydrogen (secondary N) is 2. The second kappa shape index (κ2) is 6.94. The minimum Gasteiger partial charge on any atom is -0.467 e. The maximum absolute atomic E-state index is 12.1. The van der Waals surface area contributed by atoms with E-state index in [1.807, 2.05) is 27.0 Å². The van der Waals surface area contributed by atoms with Gasteiger partial charge in [-0.25, -0.2) is 9.78 Å². The summed E-state index contributed by atoms with van der Waals surface area (Å²) in [5, 5.41) is 20.8. The first-order chi connectivity index (χ1) is 11.9. The first-order valence-electron chi connectivity index (χ1n) is 8.02. The van der Waals surface area contributed by atoms with Crippen LogP contribution in [-0.2, 0) is 7.05 Å². The highest BCUT2D eigenvalue weighted by Crippen LogP contribution is 2.20. The van der Waals surface area contributed by atoms with Gasteiger partial charge in [0.1, 0.15) is 11.9 Å². The lowest BCUT2D eigenvalue weighted by Crippen LogP contribution is -2.37. The van der Waals surface area contributed by atoms with E-state index in [4.69, 9.17) is 4.42 Å². The second-order valence-electron chi connectivity index (χ2n) is 6.07. The molecule has 2 atom stereocenters. The van der Waals surface area contributed by atoms with Crippen molar-refractivity contribution in [3.05, 3.63) is 42.1 Å². The first kappa shape index (κ1) is 17.0. The van der Waals surface area contributed by atoms with Gasteiger partial charge in [-0.05, 0) is 32.0 Å². The van der Waals surface area contributed by atoms with Crippen LogP contribution in [-0.4, -0.2) is 31.9 Å². The van der Waals surface area contributed by atoms with E-state index in [2.05, 4.69) is 20.7 Å². The monoisotopic (exact) mass is 343 g/mol. The van der Waals surface area contributed by atoms with Gasteiger partial charge < -0.3 is 20.2 Å². The van der Waals surface area contributed by atoms with Gasteiger partial charge in [0.05, 0.1) is 23.8 Å². The van der Waals surface area contributed by atoms with Crippen molar-refractivity contribution in [3.8, 4) is 0 Å². The van der Waals surface area contributed by atoms with Gasteiger partial charge >= 0.3 is 6.03 Å². The lowest BCUT2D eigenvalue weighted by atomic mass is 10.1. The molecule has 3 aromatic heterocycles. The summed E-state index contributed by atoms with van der Waals surface area (Å²) < 4.78 is 6.86. The molecule has 0 saturated heterocycles. The third-order valence-electron chi connectivity index (χ3n) is 3.95. The van der Waals surface area contributed by atoms with Crippen molar-refractivity contribution >= 4 is 22.8 Å². The number of aromatic nitrogens is 3. The lowest BCUT2D eigenvalue weighted by Gasteiger charge is -2.17. The number of urea groups is 1. The van der Waals surface area contributed by atoms with Crippen LogP contribution >= 0.6 is 0 Å². The fraction of sp³-hybridized carbons (Fsp3) is 0.353. The van der Waals surface area contributed by atoms with Crippen LogP contribution in [0.2, 0.25) is 0 Å². The minimum atomic E-state index is -0.763. The van der Waals surface area contributed by atoms with Crippen LogP contribution in [0.25, 0.3) is 11.0 Å². The molecule has 3 N–H and O–H groups in total. The summed E-state index contributed by atoms with van der Waals surface area (Å²) in [6, 6.07) is 4.66. The van der Waals surface area contributed by atoms with E-state index in [0.717, 1.165) is 16.7 Å². The number of anilines is 1. The van der Waals surface area contributed by atoms with Crippen LogP contribution in [0.5, 0.6) is 0 Å². The maximum atomic E-state index is 12.1. The zero-order valence-electron chi connectivity index (χ0n) is 14.4. The normalized spacial score (nSPS) is 13.6. The van der Waals surface area contributed by atoms with E-state index in [1.165, 1.54) is 6.26 Å². The van der Waals surface area contributed by atoms with Gasteiger partial charge in [-0.15, -0.1) is 0 Å². The molecule has 0 aliphatic heterocycles. The average Bonchev–Trinajstić information content (AvgIpc) is 3.16. The number of furan rings is 1. The maximum Gasteiger partial charge on any atom is 0.319 e. The van der Waals surface area contributed by atoms with Gasteiger partial charge in [0.25, 0.3) is 0 Å². The van der Waals surface area contributed by atoms with E-state index >= 15 is 0 Å². The summed E-state index contributed by atoms with van der Waals surface area (Å²) in [5.41, 5.74) is 2.20. The molecular weight excluding hydrogens is 322 g/mol. The van der Waals surface area contributed by atoms with Crippen molar-refractivity contribution in [2.45, 2.75) is 32.4 Å². The van der Waals surface area contributed by atoms with E-state index in [0.29, 0.717) is 17.9 Å². The van der Waals surface area contributed by atoms with Gasteiger partial charge in [0, 0.05) is 24.9 Å². The molecule has 25 heavy (non-hydrogen) atoms. The predicted molar refractivity (Wildman–Crippen MR) is 93.1 cm³/mol. The van der Waals surface area contributed by atoms with Crippen molar-refractivity contribution in [1.29, 1.82) is 0 Å². The molecule has 3 rings (SSSR count). The summed E-state index contributed by atoms with van der Waals surface area (Å²) in [6.07, 6.45) is 2.68. The molecule has 0 aliphatic rings. The summed E-state index contributed by atoms with van der Waals surface area (Å²) >= 11 is 0. The van der Waals surface area contributed by atoms with Crippen LogP contribution in [0.4, 0.5) is 10.5 Å². The molecule has 0 aliphatic carbocycles. The predicted octanol–water partition coefficient (Wildman–Crippen LogP) is 2.50. The van der Waals surface area contributed by atoms with Crippen molar-refractivity contribution in [2.24, 2.45) is 7.05 Å². The molecule has 2 amide bonds. The third kappa shape index (κ3) is 3.80. The lowest BCUT2D eigenvalue weighted by molar-refractivity contribution is 0.130. The molecule has 0 bridgehead atoms. The summed E-state index contributed by atoms with van der Waals surface area (Å²) in [7, 11) is 1.83. The molecule has 0 saturated carbocycles. The van der Waals surface area contributed by atoms with E-state index in [9.17, 15) is 9.90 Å². The number of nitrogens with zero attached hydrogens (tertiary/aromatic N) is 3. The van der Waals surface area contributed by atoms with Crippen molar-refractivity contribution in [3.63, 3.8) is 0 Å². The van der Waals surface area contributed by atoms with Crippen LogP contribution in [0.15, 0.2) is 35.1 Å². The molecular formula is C17H21N5O3. The van der Waals surface area contributed by atoms with Gasteiger partial charge in [-0.1, -0.05) is 0 Å². The molecule has 3 aromatic rings. The molecule has 0 aromatic carbocycles. The Morgan fingerprint density at radius 2 is 2.28 bits per heavy atom. The van der Waals surface area contributed by atoms with Gasteiger partial charge in [0.2, 0.25) is 0 Å². The van der Waals surface area contributed by atoms with Crippen molar-refractivity contribution in [2.75, 3.05) is 5.32 Å². The number of pyridine rings is 1. The summed E-state index contributed by atoms with van der Waals surface area (Å²) in [6.45, 7) is 3.71. The number of rotatable bonds is 5. The number of hydrogen-bond donors (Lipinski definition) is 3. The van der Waals surface area contributed by atoms with E-state index in [-0.39, 0.29) is 12.1 Å². The second-order valence-corrected chi connectivity index (χ2v) is 6.07. The Kier molecular flexibility index (Phi) is 4.71. The van der Waals surface area contributed by atoms with Gasteiger partial charge in [0.15, 0.2) is 5.65 Å². The number of amides is 2. The Labute approximate surface area is 144 Å². The summed E-state index contributed by atoms with van der Waals surface area (Å²) in [4.78, 5) is 16.5. The van der Waals surface area contributed by atoms with Crippen molar-refractivity contribution < 1.29 is 14.3 Å². The highest BCUT2D eigenvalue weighted by Gasteiger charge is 2.16. The largest absolute Gasteiger partial charge is 0.467 e. The van der Waals surface area contributed by atoms with Gasteiger partial charge in [-0.2, -0.15) is 5.10 Å². The fourth-order valence-electron chi connectivity index (χ4n) is 2.76. The van der Waals surface area contributed by atoms with E-state index < -0.39 is 6.10 Å². The topological polar surface area (TPSA) is 105 Å². The van der Waals surface area contributed by atoms with E-state index in [1.54, 1.807) is 23.0 Å². The number of hydrogen-bond acceptors (Lipinski definition) is 5. The molecule has 3 heterocycles. The standard InChI is InChI=1S/C17H21N5O3/c1-10(7-14(23)15-5-4-6-25-15)19-17(24)20-12-8-13-11(2)21-22(3)16(13)18-9-12/h4-6,8-10,14,23H,7H2,1-3H3,(H2,19,20,24)/t10-,14+/m0/s1. The molecule has 8 nitrogen and oxygen atoms in total. The van der Waals surface area contributed by atoms with Crippen LogP contribution in [0.1, 0.15) is 30.9 Å². The SMILES string of the molecule is Cc1nn(C)c2ncc(NC(=O)N[C@@H](C)C[C@@H](O)c3ccco3)cc12. The van der Waals surface area contributed by atoms with Crippen molar-refractivity contribution in [1.82, 2.24) is 20.1 Å². The molecule has 0 fully saturated rings. The number of aryl methyl sites for hydroxylation is 2. The number of aliphatic hydroxyl groups is 1. The third-order valence-corrected chi connectivity index (χ3v) is 3.95. The Bertz CT molecular complexity index is 872. The smallest absolute Gasteiger partial charge is 0.319 e. The Hall–Kier alpha value is -2.87. The number of aliphatic hydroxyl groups excluding tert-OH is 1. The minimum absolute atomic E-state index is 0.239. The molecule has 0 spiro atoms. The molecule has 0 unspecified atom stereocenters. The van der Waals surface area contributed by atoms with Crippen LogP contribution in [0.3, 0.4) is 0 Å². The number of carbonyl (C=O) groups excluding carboxylic acids is 1. The zero-order chi connectivity index (χ0) is 18.0. The first-order valence-corrected chi connectivity index (χ1v) is 8.02. The molecule has 8 heteroatoms. The Morgan fingerprint density at radius 1 is 1.48 bits per heavy atom. The zero-order valence-corrected chi connectivity index (χ0v) is 14.4. The van der Waals surface area contributed by atoms with Crippen LogP contribution in [0, 0.1) is 6.92 Å². The quantitative estimate of drug-likeness (QED) is 0.660. The number of carbonyl (C=O) groups is 1.